The Morgan fingerprint density at radius 3 is 2.16 bits per heavy atom. The molecule has 1 aromatic rings. The average molecular weight is 402 g/mol. The van der Waals surface area contributed by atoms with E-state index in [1.165, 1.54) is 0 Å². The maximum atomic E-state index is 12.5. The van der Waals surface area contributed by atoms with Gasteiger partial charge in [0, 0.05) is 6.07 Å². The fourth-order valence-corrected chi connectivity index (χ4v) is 1.75. The molecule has 0 radical (unpaired) electrons. The van der Waals surface area contributed by atoms with Gasteiger partial charge >= 0.3 is 18.2 Å². The van der Waals surface area contributed by atoms with Gasteiger partial charge in [-0.3, -0.25) is 10.1 Å². The van der Waals surface area contributed by atoms with Crippen LogP contribution in [-0.2, 0) is 6.18 Å². The molecule has 0 atom stereocenters. The number of hydrogen-bond donors (Lipinski definition) is 0. The van der Waals surface area contributed by atoms with Crippen molar-refractivity contribution in [2.24, 2.45) is 0 Å². The summed E-state index contributed by atoms with van der Waals surface area (Å²) in [5, 5.41) is 10.5. The van der Waals surface area contributed by atoms with E-state index in [2.05, 4.69) is 9.72 Å². The quantitative estimate of drug-likeness (QED) is 0.329. The van der Waals surface area contributed by atoms with E-state index in [0.29, 0.717) is 6.07 Å². The van der Waals surface area contributed by atoms with Gasteiger partial charge in [-0.15, -0.1) is 13.2 Å². The Labute approximate surface area is 113 Å². The second-order valence-electron chi connectivity index (χ2n) is 2.94. The molecule has 106 valence electrons. The van der Waals surface area contributed by atoms with Crippen molar-refractivity contribution in [2.75, 3.05) is 0 Å². The molecule has 12 heteroatoms. The van der Waals surface area contributed by atoms with Crippen molar-refractivity contribution in [1.29, 1.82) is 0 Å². The molecule has 1 heterocycles. The molecule has 0 unspecified atom stereocenters. The van der Waals surface area contributed by atoms with Gasteiger partial charge < -0.3 is 4.74 Å². The minimum Gasteiger partial charge on any atom is -0.388 e. The number of aromatic nitrogens is 1. The topological polar surface area (TPSA) is 65.3 Å². The molecule has 0 N–H and O–H groups in total. The summed E-state index contributed by atoms with van der Waals surface area (Å²) in [4.78, 5) is 11.6. The predicted octanol–water partition coefficient (Wildman–Crippen LogP) is 3.51. The normalized spacial score (nSPS) is 12.4. The fourth-order valence-electron chi connectivity index (χ4n) is 1.03. The van der Waals surface area contributed by atoms with Gasteiger partial charge in [-0.2, -0.15) is 13.2 Å². The van der Waals surface area contributed by atoms with E-state index in [0.717, 1.165) is 22.6 Å². The number of hydrogen-bond acceptors (Lipinski definition) is 4. The van der Waals surface area contributed by atoms with Gasteiger partial charge in [0.15, 0.2) is 0 Å². The molecule has 0 aliphatic rings. The van der Waals surface area contributed by atoms with Crippen molar-refractivity contribution in [3.63, 3.8) is 0 Å². The number of ether oxygens (including phenoxy) is 1. The van der Waals surface area contributed by atoms with Crippen molar-refractivity contribution in [3.8, 4) is 5.88 Å². The average Bonchev–Trinajstić information content (AvgIpc) is 2.11. The smallest absolute Gasteiger partial charge is 0.388 e. The van der Waals surface area contributed by atoms with Crippen LogP contribution < -0.4 is 4.74 Å². The number of rotatable bonds is 2. The van der Waals surface area contributed by atoms with Crippen LogP contribution in [0.4, 0.5) is 32.0 Å². The molecule has 5 nitrogen and oxygen atoms in total. The summed E-state index contributed by atoms with van der Waals surface area (Å²) in [6.07, 6.45) is -10.5. The van der Waals surface area contributed by atoms with Crippen molar-refractivity contribution >= 4 is 28.3 Å². The van der Waals surface area contributed by atoms with Gasteiger partial charge in [0.05, 0.1) is 8.49 Å². The summed E-state index contributed by atoms with van der Waals surface area (Å²) >= 11 is 1.09. The third-order valence-corrected chi connectivity index (χ3v) is 2.42. The zero-order chi connectivity index (χ0) is 15.0. The lowest BCUT2D eigenvalue weighted by atomic mass is 10.3. The molecule has 0 saturated heterocycles. The SMILES string of the molecule is O=[N+]([O-])c1c(I)cc(OC(F)(F)F)nc1C(F)(F)F. The van der Waals surface area contributed by atoms with Crippen LogP contribution in [0.25, 0.3) is 0 Å². The first-order valence-electron chi connectivity index (χ1n) is 4.09. The van der Waals surface area contributed by atoms with E-state index in [9.17, 15) is 36.5 Å². The van der Waals surface area contributed by atoms with Gasteiger partial charge in [-0.05, 0) is 22.6 Å². The molecule has 0 spiro atoms. The zero-order valence-electron chi connectivity index (χ0n) is 8.34. The number of nitrogens with zero attached hydrogens (tertiary/aromatic N) is 2. The zero-order valence-corrected chi connectivity index (χ0v) is 10.5. The van der Waals surface area contributed by atoms with Crippen LogP contribution in [0.15, 0.2) is 6.07 Å². The maximum absolute atomic E-state index is 12.5. The van der Waals surface area contributed by atoms with Crippen LogP contribution >= 0.6 is 22.6 Å². The number of halogens is 7. The highest BCUT2D eigenvalue weighted by Crippen LogP contribution is 2.39. The van der Waals surface area contributed by atoms with Crippen molar-refractivity contribution < 1.29 is 36.0 Å². The lowest BCUT2D eigenvalue weighted by molar-refractivity contribution is -0.389. The molecule has 0 bridgehead atoms. The van der Waals surface area contributed by atoms with Crippen LogP contribution in [0.5, 0.6) is 5.88 Å². The summed E-state index contributed by atoms with van der Waals surface area (Å²) in [5.41, 5.74) is -3.48. The first kappa shape index (κ1) is 15.7. The lowest BCUT2D eigenvalue weighted by Crippen LogP contribution is -2.20. The summed E-state index contributed by atoms with van der Waals surface area (Å²) in [5.74, 6) is -1.42. The summed E-state index contributed by atoms with van der Waals surface area (Å²) in [7, 11) is 0. The Morgan fingerprint density at radius 1 is 1.26 bits per heavy atom. The van der Waals surface area contributed by atoms with Gasteiger partial charge in [-0.1, -0.05) is 0 Å². The third kappa shape index (κ3) is 4.07. The van der Waals surface area contributed by atoms with Gasteiger partial charge in [0.25, 0.3) is 0 Å². The highest BCUT2D eigenvalue weighted by atomic mass is 127. The summed E-state index contributed by atoms with van der Waals surface area (Å²) in [6, 6.07) is 0.390. The van der Waals surface area contributed by atoms with Crippen LogP contribution in [-0.4, -0.2) is 16.3 Å². The van der Waals surface area contributed by atoms with E-state index < -0.39 is 38.3 Å². The molecular formula is C7HF6IN2O3. The summed E-state index contributed by atoms with van der Waals surface area (Å²) in [6.45, 7) is 0. The minimum absolute atomic E-state index is 0.390. The van der Waals surface area contributed by atoms with Gasteiger partial charge in [0.2, 0.25) is 11.6 Å². The molecule has 1 rings (SSSR count). The molecule has 0 aromatic carbocycles. The van der Waals surface area contributed by atoms with Crippen molar-refractivity contribution in [2.45, 2.75) is 12.5 Å². The number of nitro groups is 1. The van der Waals surface area contributed by atoms with E-state index in [-0.39, 0.29) is 0 Å². The molecule has 1 aromatic heterocycles. The molecule has 0 aliphatic heterocycles. The van der Waals surface area contributed by atoms with E-state index in [4.69, 9.17) is 0 Å². The lowest BCUT2D eigenvalue weighted by Gasteiger charge is -2.12. The van der Waals surface area contributed by atoms with Gasteiger partial charge in [0.1, 0.15) is 0 Å². The van der Waals surface area contributed by atoms with E-state index in [1.807, 2.05) is 0 Å². The Morgan fingerprint density at radius 2 is 1.79 bits per heavy atom. The highest BCUT2D eigenvalue weighted by molar-refractivity contribution is 14.1. The molecular weight excluding hydrogens is 401 g/mol. The Hall–Kier alpha value is -1.34. The van der Waals surface area contributed by atoms with Crippen LogP contribution in [0.3, 0.4) is 0 Å². The molecule has 0 aliphatic carbocycles. The second kappa shape index (κ2) is 4.97. The Balaban J connectivity index is 3.44. The molecule has 19 heavy (non-hydrogen) atoms. The van der Waals surface area contributed by atoms with Gasteiger partial charge in [-0.25, -0.2) is 4.98 Å². The predicted molar refractivity (Wildman–Crippen MR) is 55.3 cm³/mol. The van der Waals surface area contributed by atoms with Crippen molar-refractivity contribution in [1.82, 2.24) is 4.98 Å². The molecule has 0 saturated carbocycles. The van der Waals surface area contributed by atoms with Crippen LogP contribution in [0, 0.1) is 13.7 Å². The minimum atomic E-state index is -5.28. The van der Waals surface area contributed by atoms with Crippen molar-refractivity contribution in [3.05, 3.63) is 25.4 Å². The van der Waals surface area contributed by atoms with Crippen LogP contribution in [0.1, 0.15) is 5.69 Å². The largest absolute Gasteiger partial charge is 0.574 e. The maximum Gasteiger partial charge on any atom is 0.574 e. The first-order valence-corrected chi connectivity index (χ1v) is 5.17. The Kier molecular flexibility index (Phi) is 4.11. The van der Waals surface area contributed by atoms with E-state index in [1.54, 1.807) is 0 Å². The first-order chi connectivity index (χ1) is 8.42. The number of pyridine rings is 1. The standard InChI is InChI=1S/C7HF6IN2O3/c8-6(9,10)5-4(16(17)18)2(14)1-3(15-5)19-7(11,12)13/h1H. The highest BCUT2D eigenvalue weighted by Gasteiger charge is 2.43. The third-order valence-electron chi connectivity index (χ3n) is 1.59. The Bertz CT molecular complexity index is 515. The monoisotopic (exact) mass is 402 g/mol. The molecule has 0 fully saturated rings. The molecule has 0 amide bonds. The summed E-state index contributed by atoms with van der Waals surface area (Å²) < 4.78 is 75.7. The van der Waals surface area contributed by atoms with E-state index >= 15 is 0 Å². The second-order valence-corrected chi connectivity index (χ2v) is 4.10. The van der Waals surface area contributed by atoms with Crippen LogP contribution in [0.2, 0.25) is 0 Å². The number of alkyl halides is 6. The fraction of sp³-hybridized carbons (Fsp3) is 0.286.